The van der Waals surface area contributed by atoms with Crippen molar-refractivity contribution in [3.63, 3.8) is 0 Å². The van der Waals surface area contributed by atoms with Gasteiger partial charge in [0.15, 0.2) is 5.13 Å². The number of rotatable bonds is 4. The fourth-order valence-corrected chi connectivity index (χ4v) is 2.47. The van der Waals surface area contributed by atoms with Crippen LogP contribution < -0.4 is 5.32 Å². The monoisotopic (exact) mass is 216 g/mol. The molecular formula is C9H13ClN2S. The van der Waals surface area contributed by atoms with Gasteiger partial charge in [-0.25, -0.2) is 4.98 Å². The predicted molar refractivity (Wildman–Crippen MR) is 57.5 cm³/mol. The number of halogens is 1. The minimum atomic E-state index is 0.655. The second-order valence-corrected chi connectivity index (χ2v) is 5.17. The standard InChI is InChI=1S/C9H13ClN2S/c1-2-3-6-4-7(6)12-9-11-5-8(10)13-9/h5-7H,2-4H2,1H3,(H,11,12). The van der Waals surface area contributed by atoms with Gasteiger partial charge in [-0.15, -0.1) is 0 Å². The summed E-state index contributed by atoms with van der Waals surface area (Å²) in [6, 6.07) is 0.655. The molecule has 0 radical (unpaired) electrons. The number of hydrogen-bond acceptors (Lipinski definition) is 3. The van der Waals surface area contributed by atoms with E-state index in [2.05, 4.69) is 17.2 Å². The number of anilines is 1. The Hall–Kier alpha value is -0.280. The SMILES string of the molecule is CCCC1CC1Nc1ncc(Cl)s1. The van der Waals surface area contributed by atoms with Crippen LogP contribution in [0.1, 0.15) is 26.2 Å². The Morgan fingerprint density at radius 2 is 2.62 bits per heavy atom. The molecule has 2 nitrogen and oxygen atoms in total. The molecule has 0 aromatic carbocycles. The van der Waals surface area contributed by atoms with Crippen molar-refractivity contribution in [2.75, 3.05) is 5.32 Å². The van der Waals surface area contributed by atoms with Crippen molar-refractivity contribution in [1.29, 1.82) is 0 Å². The summed E-state index contributed by atoms with van der Waals surface area (Å²) in [7, 11) is 0. The molecule has 72 valence electrons. The summed E-state index contributed by atoms with van der Waals surface area (Å²) in [4.78, 5) is 4.17. The van der Waals surface area contributed by atoms with Crippen LogP contribution in [0.5, 0.6) is 0 Å². The molecule has 2 rings (SSSR count). The molecule has 0 amide bonds. The van der Waals surface area contributed by atoms with Gasteiger partial charge >= 0.3 is 0 Å². The van der Waals surface area contributed by atoms with Gasteiger partial charge in [0.05, 0.1) is 6.20 Å². The lowest BCUT2D eigenvalue weighted by Crippen LogP contribution is -2.03. The van der Waals surface area contributed by atoms with E-state index in [0.29, 0.717) is 6.04 Å². The minimum absolute atomic E-state index is 0.655. The normalized spacial score (nSPS) is 26.0. The molecule has 1 aromatic rings. The van der Waals surface area contributed by atoms with E-state index >= 15 is 0 Å². The van der Waals surface area contributed by atoms with E-state index in [1.54, 1.807) is 6.20 Å². The van der Waals surface area contributed by atoms with Crippen molar-refractivity contribution in [3.8, 4) is 0 Å². The second kappa shape index (κ2) is 3.84. The average Bonchev–Trinajstić information content (AvgIpc) is 2.66. The van der Waals surface area contributed by atoms with Crippen LogP contribution in [0.15, 0.2) is 6.20 Å². The zero-order valence-corrected chi connectivity index (χ0v) is 9.16. The molecule has 4 heteroatoms. The van der Waals surface area contributed by atoms with Crippen LogP contribution in [0.3, 0.4) is 0 Å². The lowest BCUT2D eigenvalue weighted by Gasteiger charge is -1.99. The highest BCUT2D eigenvalue weighted by Gasteiger charge is 2.36. The summed E-state index contributed by atoms with van der Waals surface area (Å²) >= 11 is 7.30. The van der Waals surface area contributed by atoms with Crippen LogP contribution >= 0.6 is 22.9 Å². The van der Waals surface area contributed by atoms with E-state index in [1.807, 2.05) is 0 Å². The maximum atomic E-state index is 5.78. The van der Waals surface area contributed by atoms with Gasteiger partial charge in [-0.05, 0) is 18.8 Å². The Balaban J connectivity index is 1.81. The molecule has 1 aliphatic carbocycles. The predicted octanol–water partition coefficient (Wildman–Crippen LogP) is 3.40. The molecule has 2 atom stereocenters. The van der Waals surface area contributed by atoms with E-state index in [4.69, 9.17) is 11.6 Å². The van der Waals surface area contributed by atoms with Gasteiger partial charge in [-0.2, -0.15) is 0 Å². The van der Waals surface area contributed by atoms with Crippen molar-refractivity contribution >= 4 is 28.1 Å². The highest BCUT2D eigenvalue weighted by atomic mass is 35.5. The van der Waals surface area contributed by atoms with Crippen LogP contribution in [0, 0.1) is 5.92 Å². The zero-order valence-electron chi connectivity index (χ0n) is 7.59. The number of thiazole rings is 1. The van der Waals surface area contributed by atoms with Crippen molar-refractivity contribution in [2.24, 2.45) is 5.92 Å². The van der Waals surface area contributed by atoms with Gasteiger partial charge in [0.2, 0.25) is 0 Å². The van der Waals surface area contributed by atoms with Gasteiger partial charge in [0.25, 0.3) is 0 Å². The van der Waals surface area contributed by atoms with E-state index in [9.17, 15) is 0 Å². The van der Waals surface area contributed by atoms with Crippen LogP contribution in [-0.2, 0) is 0 Å². The van der Waals surface area contributed by atoms with Gasteiger partial charge in [0.1, 0.15) is 4.34 Å². The average molecular weight is 217 g/mol. The Kier molecular flexibility index (Phi) is 2.74. The van der Waals surface area contributed by atoms with Gasteiger partial charge < -0.3 is 5.32 Å². The van der Waals surface area contributed by atoms with Gasteiger partial charge in [0, 0.05) is 6.04 Å². The van der Waals surface area contributed by atoms with Crippen molar-refractivity contribution in [2.45, 2.75) is 32.2 Å². The summed E-state index contributed by atoms with van der Waals surface area (Å²) in [5.74, 6) is 0.868. The Bertz CT molecular complexity index is 287. The molecule has 0 aliphatic heterocycles. The second-order valence-electron chi connectivity index (χ2n) is 3.50. The molecule has 1 fully saturated rings. The summed E-state index contributed by atoms with van der Waals surface area (Å²) in [5.41, 5.74) is 0. The summed E-state index contributed by atoms with van der Waals surface area (Å²) in [6.45, 7) is 2.23. The molecule has 0 spiro atoms. The van der Waals surface area contributed by atoms with Crippen molar-refractivity contribution < 1.29 is 0 Å². The summed E-state index contributed by atoms with van der Waals surface area (Å²) in [6.07, 6.45) is 5.61. The van der Waals surface area contributed by atoms with Crippen LogP contribution in [0.4, 0.5) is 5.13 Å². The fourth-order valence-electron chi connectivity index (χ4n) is 1.59. The molecule has 1 heterocycles. The summed E-state index contributed by atoms with van der Waals surface area (Å²) in [5, 5.41) is 4.36. The molecule has 1 N–H and O–H groups in total. The van der Waals surface area contributed by atoms with Crippen molar-refractivity contribution in [3.05, 3.63) is 10.5 Å². The van der Waals surface area contributed by atoms with Crippen LogP contribution in [-0.4, -0.2) is 11.0 Å². The highest BCUT2D eigenvalue weighted by molar-refractivity contribution is 7.19. The number of aromatic nitrogens is 1. The Labute approximate surface area is 87.3 Å². The smallest absolute Gasteiger partial charge is 0.184 e. The first-order valence-corrected chi connectivity index (χ1v) is 5.87. The fraction of sp³-hybridized carbons (Fsp3) is 0.667. The number of nitrogens with zero attached hydrogens (tertiary/aromatic N) is 1. The van der Waals surface area contributed by atoms with E-state index in [-0.39, 0.29) is 0 Å². The third kappa shape index (κ3) is 2.35. The molecule has 0 bridgehead atoms. The molecule has 1 aliphatic rings. The number of nitrogens with one attached hydrogen (secondary N) is 1. The maximum Gasteiger partial charge on any atom is 0.184 e. The lowest BCUT2D eigenvalue weighted by atomic mass is 10.2. The van der Waals surface area contributed by atoms with Crippen LogP contribution in [0.25, 0.3) is 0 Å². The quantitative estimate of drug-likeness (QED) is 0.835. The third-order valence-corrected chi connectivity index (χ3v) is 3.41. The number of hydrogen-bond donors (Lipinski definition) is 1. The zero-order chi connectivity index (χ0) is 9.26. The Morgan fingerprint density at radius 3 is 3.23 bits per heavy atom. The van der Waals surface area contributed by atoms with E-state index in [1.165, 1.54) is 30.6 Å². The molecule has 2 unspecified atom stereocenters. The first kappa shape index (κ1) is 9.28. The largest absolute Gasteiger partial charge is 0.358 e. The molecule has 1 saturated carbocycles. The first-order chi connectivity index (χ1) is 6.29. The van der Waals surface area contributed by atoms with E-state index in [0.717, 1.165) is 15.4 Å². The molecule has 1 aromatic heterocycles. The van der Waals surface area contributed by atoms with E-state index < -0.39 is 0 Å². The third-order valence-electron chi connectivity index (χ3n) is 2.37. The molecule has 13 heavy (non-hydrogen) atoms. The summed E-state index contributed by atoms with van der Waals surface area (Å²) < 4.78 is 0.759. The van der Waals surface area contributed by atoms with Crippen molar-refractivity contribution in [1.82, 2.24) is 4.98 Å². The minimum Gasteiger partial charge on any atom is -0.358 e. The maximum absolute atomic E-state index is 5.78. The topological polar surface area (TPSA) is 24.9 Å². The van der Waals surface area contributed by atoms with Gasteiger partial charge in [-0.1, -0.05) is 36.3 Å². The first-order valence-electron chi connectivity index (χ1n) is 4.67. The van der Waals surface area contributed by atoms with Crippen LogP contribution in [0.2, 0.25) is 4.34 Å². The lowest BCUT2D eigenvalue weighted by molar-refractivity contribution is 0.692. The van der Waals surface area contributed by atoms with Gasteiger partial charge in [-0.3, -0.25) is 0 Å². The Morgan fingerprint density at radius 1 is 1.77 bits per heavy atom. The highest BCUT2D eigenvalue weighted by Crippen LogP contribution is 2.38. The molecule has 0 saturated heterocycles. The molecular weight excluding hydrogens is 204 g/mol.